The summed E-state index contributed by atoms with van der Waals surface area (Å²) in [5, 5.41) is 12.9. The molecule has 3 N–H and O–H groups in total. The van der Waals surface area contributed by atoms with Gasteiger partial charge in [-0.2, -0.15) is 0 Å². The van der Waals surface area contributed by atoms with Gasteiger partial charge in [-0.15, -0.1) is 0 Å². The number of methoxy groups -OCH3 is 1. The third-order valence-electron chi connectivity index (χ3n) is 7.72. The predicted octanol–water partition coefficient (Wildman–Crippen LogP) is 4.56. The highest BCUT2D eigenvalue weighted by Gasteiger charge is 2.16. The molecule has 2 aromatic rings. The highest BCUT2D eigenvalue weighted by atomic mass is 16.5. The van der Waals surface area contributed by atoms with E-state index in [1.165, 1.54) is 12.7 Å². The standard InChI is InChI=1S/C36H40N4O2/c1-25-20-28-13-14-29(33-10-4-5-17-39-36(33)34-11-6-8-26(2)40-34)22-30(28)23-32(21-25)37-18-7-9-27-12-15-31(38-19-16-27)24-35(41)42-3/h4-6,8,10-14,17,20-23,31,37-39H,1,7,9,15-16,18-19,24H2,2-3H3. The van der Waals surface area contributed by atoms with Crippen molar-refractivity contribution in [2.75, 3.05) is 20.2 Å². The van der Waals surface area contributed by atoms with E-state index in [1.54, 1.807) is 0 Å². The number of rotatable bonds is 9. The van der Waals surface area contributed by atoms with Gasteiger partial charge in [0.25, 0.3) is 0 Å². The van der Waals surface area contributed by atoms with E-state index in [0.29, 0.717) is 6.42 Å². The maximum Gasteiger partial charge on any atom is 0.307 e. The van der Waals surface area contributed by atoms with Crippen molar-refractivity contribution >= 4 is 29.4 Å². The summed E-state index contributed by atoms with van der Waals surface area (Å²) in [6.45, 7) is 8.05. The van der Waals surface area contributed by atoms with Crippen molar-refractivity contribution in [3.63, 3.8) is 0 Å². The number of aryl methyl sites for hydroxylation is 1. The fourth-order valence-electron chi connectivity index (χ4n) is 5.53. The van der Waals surface area contributed by atoms with Crippen LogP contribution in [0, 0.1) is 6.92 Å². The number of carbonyl (C=O) groups is 1. The molecule has 2 aliphatic heterocycles. The van der Waals surface area contributed by atoms with Gasteiger partial charge in [0.15, 0.2) is 0 Å². The Bertz CT molecular complexity index is 1620. The molecular weight excluding hydrogens is 520 g/mol. The van der Waals surface area contributed by atoms with E-state index in [1.807, 2.05) is 37.4 Å². The van der Waals surface area contributed by atoms with E-state index in [2.05, 4.69) is 77.2 Å². The number of benzene rings is 1. The van der Waals surface area contributed by atoms with E-state index in [-0.39, 0.29) is 12.0 Å². The molecule has 6 nitrogen and oxygen atoms in total. The number of esters is 1. The van der Waals surface area contributed by atoms with Gasteiger partial charge in [-0.25, -0.2) is 0 Å². The molecule has 3 aliphatic rings. The Balaban J connectivity index is 1.30. The number of allylic oxidation sites excluding steroid dienone is 7. The first-order chi connectivity index (χ1) is 20.5. The second-order valence-corrected chi connectivity index (χ2v) is 10.9. The predicted molar refractivity (Wildman–Crippen MR) is 172 cm³/mol. The van der Waals surface area contributed by atoms with Crippen molar-refractivity contribution in [3.8, 4) is 0 Å². The maximum absolute atomic E-state index is 11.6. The van der Waals surface area contributed by atoms with Crippen LogP contribution in [0.1, 0.15) is 49.1 Å². The molecule has 1 unspecified atom stereocenters. The molecule has 6 heteroatoms. The second-order valence-electron chi connectivity index (χ2n) is 10.9. The summed E-state index contributed by atoms with van der Waals surface area (Å²) in [5.74, 6) is -0.158. The maximum atomic E-state index is 11.6. The van der Waals surface area contributed by atoms with Crippen molar-refractivity contribution < 1.29 is 9.53 Å². The van der Waals surface area contributed by atoms with Gasteiger partial charge in [-0.3, -0.25) is 9.78 Å². The third-order valence-corrected chi connectivity index (χ3v) is 7.72. The Morgan fingerprint density at radius 3 is 2.90 bits per heavy atom. The molecule has 0 bridgehead atoms. The summed E-state index contributed by atoms with van der Waals surface area (Å²) in [6.07, 6.45) is 21.3. The number of nitrogens with zero attached hydrogens (tertiary/aromatic N) is 1. The molecule has 216 valence electrons. The molecule has 0 spiro atoms. The van der Waals surface area contributed by atoms with Gasteiger partial charge in [-0.1, -0.05) is 48.6 Å². The van der Waals surface area contributed by atoms with Crippen molar-refractivity contribution in [2.24, 2.45) is 0 Å². The Kier molecular flexibility index (Phi) is 9.67. The lowest BCUT2D eigenvalue weighted by Crippen LogP contribution is -2.31. The molecule has 0 saturated carbocycles. The molecule has 5 rings (SSSR count). The van der Waals surface area contributed by atoms with Crippen LogP contribution in [-0.4, -0.2) is 37.2 Å². The summed E-state index contributed by atoms with van der Waals surface area (Å²) in [4.78, 5) is 16.4. The van der Waals surface area contributed by atoms with Crippen LogP contribution in [0.4, 0.5) is 0 Å². The zero-order valence-electron chi connectivity index (χ0n) is 24.6. The number of nitrogens with one attached hydrogen (secondary N) is 3. The minimum atomic E-state index is -0.158. The van der Waals surface area contributed by atoms with E-state index in [4.69, 9.17) is 9.72 Å². The number of aromatic nitrogens is 1. The lowest BCUT2D eigenvalue weighted by atomic mass is 9.99. The van der Waals surface area contributed by atoms with Crippen LogP contribution in [-0.2, 0) is 9.53 Å². The number of hydrogen-bond donors (Lipinski definition) is 3. The Labute approximate surface area is 248 Å². The molecule has 42 heavy (non-hydrogen) atoms. The molecule has 1 aliphatic carbocycles. The fourth-order valence-corrected chi connectivity index (χ4v) is 5.53. The summed E-state index contributed by atoms with van der Waals surface area (Å²) in [6, 6.07) is 12.8. The molecule has 0 saturated heterocycles. The molecule has 3 heterocycles. The SMILES string of the molecule is C=C1C=C(NCCCC2=CCC(CC(=O)OC)NCC2)C=c2cc(C3=C(c4cccc(C)n4)NC=CC=C3)ccc2=C1. The lowest BCUT2D eigenvalue weighted by Gasteiger charge is -2.13. The van der Waals surface area contributed by atoms with Crippen LogP contribution in [0.2, 0.25) is 0 Å². The molecule has 0 fully saturated rings. The van der Waals surface area contributed by atoms with E-state index in [9.17, 15) is 4.79 Å². The van der Waals surface area contributed by atoms with Crippen molar-refractivity contribution in [1.82, 2.24) is 20.9 Å². The van der Waals surface area contributed by atoms with Gasteiger partial charge < -0.3 is 20.7 Å². The lowest BCUT2D eigenvalue weighted by molar-refractivity contribution is -0.141. The zero-order valence-corrected chi connectivity index (χ0v) is 24.6. The molecule has 0 radical (unpaired) electrons. The number of carbonyl (C=O) groups excluding carboxylic acids is 1. The Morgan fingerprint density at radius 1 is 1.14 bits per heavy atom. The average Bonchev–Trinajstić information content (AvgIpc) is 3.43. The number of fused-ring (bicyclic) bond motifs is 1. The van der Waals surface area contributed by atoms with E-state index < -0.39 is 0 Å². The van der Waals surface area contributed by atoms with Crippen molar-refractivity contribution in [3.05, 3.63) is 124 Å². The van der Waals surface area contributed by atoms with Crippen LogP contribution in [0.25, 0.3) is 23.4 Å². The van der Waals surface area contributed by atoms with Crippen molar-refractivity contribution in [1.29, 1.82) is 0 Å². The topological polar surface area (TPSA) is 75.3 Å². The van der Waals surface area contributed by atoms with Gasteiger partial charge in [0, 0.05) is 35.8 Å². The van der Waals surface area contributed by atoms with Gasteiger partial charge in [-0.05, 0) is 103 Å². The number of ether oxygens (including phenoxy) is 1. The minimum absolute atomic E-state index is 0.158. The molecule has 1 aromatic carbocycles. The fraction of sp³-hybridized carbons (Fsp3) is 0.278. The second kappa shape index (κ2) is 14.0. The van der Waals surface area contributed by atoms with Crippen LogP contribution in [0.5, 0.6) is 0 Å². The van der Waals surface area contributed by atoms with Gasteiger partial charge in [0.1, 0.15) is 0 Å². The quantitative estimate of drug-likeness (QED) is 0.237. The molecule has 1 atom stereocenters. The summed E-state index contributed by atoms with van der Waals surface area (Å²) in [5.41, 5.74) is 8.59. The smallest absolute Gasteiger partial charge is 0.307 e. The highest BCUT2D eigenvalue weighted by Crippen LogP contribution is 2.26. The molecule has 0 amide bonds. The van der Waals surface area contributed by atoms with Crippen LogP contribution in [0.15, 0.2) is 96.4 Å². The molecular formula is C36H40N4O2. The summed E-state index contributed by atoms with van der Waals surface area (Å²) < 4.78 is 4.83. The van der Waals surface area contributed by atoms with Gasteiger partial charge in [0.2, 0.25) is 0 Å². The largest absolute Gasteiger partial charge is 0.469 e. The van der Waals surface area contributed by atoms with Crippen molar-refractivity contribution in [2.45, 2.75) is 45.1 Å². The number of hydrogen-bond acceptors (Lipinski definition) is 6. The normalized spacial score (nSPS) is 18.2. The number of pyridine rings is 1. The van der Waals surface area contributed by atoms with Crippen LogP contribution in [0.3, 0.4) is 0 Å². The molecule has 1 aromatic heterocycles. The van der Waals surface area contributed by atoms with Crippen LogP contribution < -0.4 is 26.4 Å². The minimum Gasteiger partial charge on any atom is -0.469 e. The monoisotopic (exact) mass is 560 g/mol. The first-order valence-electron chi connectivity index (χ1n) is 14.7. The first-order valence-corrected chi connectivity index (χ1v) is 14.7. The average molecular weight is 561 g/mol. The third kappa shape index (κ3) is 7.65. The highest BCUT2D eigenvalue weighted by molar-refractivity contribution is 5.95. The summed E-state index contributed by atoms with van der Waals surface area (Å²) in [7, 11) is 1.45. The van der Waals surface area contributed by atoms with E-state index in [0.717, 1.165) is 88.7 Å². The summed E-state index contributed by atoms with van der Waals surface area (Å²) >= 11 is 0. The van der Waals surface area contributed by atoms with Crippen LogP contribution >= 0.6 is 0 Å². The van der Waals surface area contributed by atoms with E-state index >= 15 is 0 Å². The van der Waals surface area contributed by atoms with Gasteiger partial charge >= 0.3 is 5.97 Å². The Morgan fingerprint density at radius 2 is 2.05 bits per heavy atom. The first kappa shape index (κ1) is 29.1. The zero-order chi connectivity index (χ0) is 29.3. The van der Waals surface area contributed by atoms with Gasteiger partial charge in [0.05, 0.1) is 24.9 Å². The Hall–Kier alpha value is -4.42.